The third-order valence-corrected chi connectivity index (χ3v) is 9.47. The number of amides is 1. The van der Waals surface area contributed by atoms with Gasteiger partial charge in [0.15, 0.2) is 0 Å². The average molecular weight is 598 g/mol. The van der Waals surface area contributed by atoms with Crippen LogP contribution in [0.25, 0.3) is 11.6 Å². The van der Waals surface area contributed by atoms with E-state index in [1.807, 2.05) is 17.9 Å². The van der Waals surface area contributed by atoms with Gasteiger partial charge in [-0.25, -0.2) is 12.8 Å². The Morgan fingerprint density at radius 2 is 1.88 bits per heavy atom. The minimum Gasteiger partial charge on any atom is -0.486 e. The summed E-state index contributed by atoms with van der Waals surface area (Å²) in [6.45, 7) is 6.51. The fourth-order valence-electron chi connectivity index (χ4n) is 5.25. The molecule has 2 heterocycles. The highest BCUT2D eigenvalue weighted by Crippen LogP contribution is 2.39. The number of sulfonamides is 1. The highest BCUT2D eigenvalue weighted by Gasteiger charge is 2.35. The highest BCUT2D eigenvalue weighted by molar-refractivity contribution is 7.92. The summed E-state index contributed by atoms with van der Waals surface area (Å²) in [5.41, 5.74) is 2.77. The van der Waals surface area contributed by atoms with Gasteiger partial charge in [0.2, 0.25) is 5.91 Å². The smallest absolute Gasteiger partial charge is 0.264 e. The maximum absolute atomic E-state index is 14.5. The van der Waals surface area contributed by atoms with Gasteiger partial charge < -0.3 is 15.0 Å². The number of nitrogens with zero attached hydrogens (tertiary/aromatic N) is 2. The van der Waals surface area contributed by atoms with Crippen LogP contribution >= 0.6 is 11.6 Å². The molecule has 0 spiro atoms. The van der Waals surface area contributed by atoms with Crippen molar-refractivity contribution in [1.82, 2.24) is 10.2 Å². The van der Waals surface area contributed by atoms with Crippen LogP contribution < -0.4 is 14.4 Å². The Hall–Kier alpha value is -3.40. The molecule has 0 aliphatic carbocycles. The standard InChI is InChI=1S/C31H33ClFN3O4S/c1-21-5-3-6-25(17-21)41(38,39)36-20-24(10-12-30(37)35-15-13-34-14-16-35)40-29-11-9-23(19-28(29)36)18-22(2)31-26(32)7-4-8-27(31)33/h3-9,11,17-19,24,34H,10,12-16,20H2,1-2H3/b22-18+/t24-/m0/s1. The molecule has 0 saturated carbocycles. The molecule has 1 atom stereocenters. The Balaban J connectivity index is 1.47. The lowest BCUT2D eigenvalue weighted by Crippen LogP contribution is -2.47. The largest absolute Gasteiger partial charge is 0.486 e. The first-order chi connectivity index (χ1) is 19.6. The Morgan fingerprint density at radius 1 is 1.12 bits per heavy atom. The van der Waals surface area contributed by atoms with Gasteiger partial charge in [-0.2, -0.15) is 0 Å². The molecule has 41 heavy (non-hydrogen) atoms. The van der Waals surface area contributed by atoms with E-state index in [4.69, 9.17) is 16.3 Å². The number of anilines is 1. The zero-order valence-electron chi connectivity index (χ0n) is 23.1. The lowest BCUT2D eigenvalue weighted by molar-refractivity contribution is -0.132. The summed E-state index contributed by atoms with van der Waals surface area (Å²) in [7, 11) is -3.95. The molecule has 0 bridgehead atoms. The summed E-state index contributed by atoms with van der Waals surface area (Å²) >= 11 is 6.27. The molecule has 2 aliphatic rings. The fourth-order valence-corrected chi connectivity index (χ4v) is 7.17. The molecule has 7 nitrogen and oxygen atoms in total. The number of benzene rings is 3. The van der Waals surface area contributed by atoms with Gasteiger partial charge in [0, 0.05) is 38.2 Å². The van der Waals surface area contributed by atoms with Gasteiger partial charge in [-0.05, 0) is 73.4 Å². The Kier molecular flexibility index (Phi) is 8.68. The van der Waals surface area contributed by atoms with Crippen LogP contribution in [0.4, 0.5) is 10.1 Å². The van der Waals surface area contributed by atoms with Crippen molar-refractivity contribution in [1.29, 1.82) is 0 Å². The minimum absolute atomic E-state index is 0.0387. The first-order valence-corrected chi connectivity index (χ1v) is 15.5. The molecule has 5 rings (SSSR count). The third-order valence-electron chi connectivity index (χ3n) is 7.38. The van der Waals surface area contributed by atoms with Gasteiger partial charge in [0.25, 0.3) is 10.0 Å². The number of halogens is 2. The highest BCUT2D eigenvalue weighted by atomic mass is 35.5. The zero-order valence-corrected chi connectivity index (χ0v) is 24.6. The van der Waals surface area contributed by atoms with Crippen molar-refractivity contribution in [2.45, 2.75) is 37.7 Å². The number of hydrogen-bond acceptors (Lipinski definition) is 5. The van der Waals surface area contributed by atoms with E-state index in [2.05, 4.69) is 5.32 Å². The van der Waals surface area contributed by atoms with Crippen LogP contribution in [-0.4, -0.2) is 58.1 Å². The van der Waals surface area contributed by atoms with E-state index in [-0.39, 0.29) is 23.8 Å². The van der Waals surface area contributed by atoms with Crippen LogP contribution in [0, 0.1) is 12.7 Å². The van der Waals surface area contributed by atoms with Crippen molar-refractivity contribution in [3.63, 3.8) is 0 Å². The van der Waals surface area contributed by atoms with Gasteiger partial charge >= 0.3 is 0 Å². The normalized spacial score (nSPS) is 17.7. The van der Waals surface area contributed by atoms with Crippen LogP contribution in [0.5, 0.6) is 5.75 Å². The van der Waals surface area contributed by atoms with Gasteiger partial charge in [-0.15, -0.1) is 0 Å². The van der Waals surface area contributed by atoms with Gasteiger partial charge in [0.1, 0.15) is 17.7 Å². The SMILES string of the molecule is C/C(=C\c1ccc2c(c1)N(S(=O)(=O)c1cccc(C)c1)C[C@H](CCC(=O)N1CCNCC1)O2)c1c(F)cccc1Cl. The molecule has 1 amide bonds. The van der Waals surface area contributed by atoms with Crippen molar-refractivity contribution in [3.8, 4) is 5.75 Å². The van der Waals surface area contributed by atoms with Crippen LogP contribution in [-0.2, 0) is 14.8 Å². The summed E-state index contributed by atoms with van der Waals surface area (Å²) in [5.74, 6) is 0.0111. The Morgan fingerprint density at radius 3 is 2.61 bits per heavy atom. The topological polar surface area (TPSA) is 79.0 Å². The lowest BCUT2D eigenvalue weighted by Gasteiger charge is -2.36. The molecule has 216 valence electrons. The van der Waals surface area contributed by atoms with Crippen LogP contribution in [0.2, 0.25) is 5.02 Å². The first kappa shape index (κ1) is 29.1. The van der Waals surface area contributed by atoms with E-state index in [0.717, 1.165) is 18.7 Å². The van der Waals surface area contributed by atoms with E-state index >= 15 is 0 Å². The van der Waals surface area contributed by atoms with Gasteiger partial charge in [-0.3, -0.25) is 9.10 Å². The second-order valence-electron chi connectivity index (χ2n) is 10.4. The number of hydrogen-bond donors (Lipinski definition) is 1. The molecular formula is C31H33ClFN3O4S. The molecule has 3 aromatic rings. The molecule has 3 aromatic carbocycles. The van der Waals surface area contributed by atoms with Gasteiger partial charge in [0.05, 0.1) is 22.2 Å². The monoisotopic (exact) mass is 597 g/mol. The van der Waals surface area contributed by atoms with E-state index in [1.165, 1.54) is 10.4 Å². The van der Waals surface area contributed by atoms with Gasteiger partial charge in [-0.1, -0.05) is 41.9 Å². The number of rotatable bonds is 7. The molecule has 0 aromatic heterocycles. The summed E-state index contributed by atoms with van der Waals surface area (Å²) in [6.07, 6.45) is 1.91. The Bertz CT molecular complexity index is 1570. The number of piperazine rings is 1. The number of aryl methyl sites for hydroxylation is 1. The summed E-state index contributed by atoms with van der Waals surface area (Å²) < 4.78 is 50.1. The van der Waals surface area contributed by atoms with E-state index in [9.17, 15) is 17.6 Å². The summed E-state index contributed by atoms with van der Waals surface area (Å²) in [4.78, 5) is 14.8. The van der Waals surface area contributed by atoms with E-state index in [1.54, 1.807) is 61.5 Å². The van der Waals surface area contributed by atoms with Crippen molar-refractivity contribution >= 4 is 44.9 Å². The summed E-state index contributed by atoms with van der Waals surface area (Å²) in [5, 5.41) is 3.53. The van der Waals surface area contributed by atoms with Crippen LogP contribution in [0.3, 0.4) is 0 Å². The van der Waals surface area contributed by atoms with E-state index in [0.29, 0.717) is 52.7 Å². The number of ether oxygens (including phenoxy) is 1. The number of carbonyl (C=O) groups is 1. The van der Waals surface area contributed by atoms with Crippen LogP contribution in [0.1, 0.15) is 36.5 Å². The fraction of sp³-hybridized carbons (Fsp3) is 0.323. The number of allylic oxidation sites excluding steroid dienone is 1. The third kappa shape index (κ3) is 6.42. The molecule has 1 saturated heterocycles. The Labute approximate surface area is 245 Å². The molecule has 1 fully saturated rings. The van der Waals surface area contributed by atoms with Crippen molar-refractivity contribution in [2.24, 2.45) is 0 Å². The quantitative estimate of drug-likeness (QED) is 0.363. The molecule has 2 aliphatic heterocycles. The maximum Gasteiger partial charge on any atom is 0.264 e. The molecule has 1 N–H and O–H groups in total. The predicted molar refractivity (Wildman–Crippen MR) is 160 cm³/mol. The zero-order chi connectivity index (χ0) is 29.1. The number of carbonyl (C=O) groups excluding carboxylic acids is 1. The molecule has 0 unspecified atom stereocenters. The molecular weight excluding hydrogens is 565 g/mol. The minimum atomic E-state index is -3.95. The predicted octanol–water partition coefficient (Wildman–Crippen LogP) is 5.52. The number of nitrogens with one attached hydrogen (secondary N) is 1. The second-order valence-corrected chi connectivity index (χ2v) is 12.7. The average Bonchev–Trinajstić information content (AvgIpc) is 2.96. The van der Waals surface area contributed by atoms with Crippen molar-refractivity contribution in [2.75, 3.05) is 37.0 Å². The second kappa shape index (κ2) is 12.2. The molecule has 0 radical (unpaired) electrons. The molecule has 10 heteroatoms. The first-order valence-electron chi connectivity index (χ1n) is 13.6. The number of fused-ring (bicyclic) bond motifs is 1. The van der Waals surface area contributed by atoms with Crippen molar-refractivity contribution < 1.29 is 22.3 Å². The lowest BCUT2D eigenvalue weighted by atomic mass is 10.0. The summed E-state index contributed by atoms with van der Waals surface area (Å²) in [6, 6.07) is 16.5. The van der Waals surface area contributed by atoms with Crippen LogP contribution in [0.15, 0.2) is 65.6 Å². The van der Waals surface area contributed by atoms with Crippen molar-refractivity contribution in [3.05, 3.63) is 88.2 Å². The van der Waals surface area contributed by atoms with E-state index < -0.39 is 21.9 Å². The maximum atomic E-state index is 14.5.